The van der Waals surface area contributed by atoms with Crippen molar-refractivity contribution in [3.05, 3.63) is 5.38 Å². The van der Waals surface area contributed by atoms with Crippen LogP contribution in [0.5, 0.6) is 0 Å². The van der Waals surface area contributed by atoms with Crippen LogP contribution in [-0.4, -0.2) is 21.7 Å². The molecular weight excluding hydrogens is 462 g/mol. The second-order valence-electron chi connectivity index (χ2n) is 3.19. The van der Waals surface area contributed by atoms with Crippen LogP contribution in [0.25, 0.3) is 0 Å². The van der Waals surface area contributed by atoms with Gasteiger partial charge in [0, 0.05) is 0 Å². The third-order valence-electron chi connectivity index (χ3n) is 2.13. The van der Waals surface area contributed by atoms with Gasteiger partial charge in [-0.2, -0.15) is 0 Å². The first-order valence-electron chi connectivity index (χ1n) is 3.58. The van der Waals surface area contributed by atoms with E-state index in [9.17, 15) is 0 Å². The maximum absolute atomic E-state index is 5.92. The molecule has 1 fully saturated rings. The Bertz CT molecular complexity index is 299. The van der Waals surface area contributed by atoms with Crippen LogP contribution < -0.4 is 0 Å². The Kier molecular flexibility index (Phi) is 5.20. The summed E-state index contributed by atoms with van der Waals surface area (Å²) >= 11 is 64.9. The van der Waals surface area contributed by atoms with Crippen LogP contribution in [0.2, 0.25) is 0 Å². The first-order valence-corrected chi connectivity index (χ1v) is 7.74. The van der Waals surface area contributed by atoms with Crippen molar-refractivity contribution >= 4 is 128 Å². The first kappa shape index (κ1) is 18.2. The Hall–Kier alpha value is 3.19. The fraction of sp³-hybridized carbons (Fsp3) is 0.833. The molecule has 0 aliphatic heterocycles. The molecule has 1 aliphatic rings. The number of halogens is 11. The zero-order valence-corrected chi connectivity index (χ0v) is 15.5. The molecule has 0 aromatic heterocycles. The van der Waals surface area contributed by atoms with Crippen LogP contribution in [0.15, 0.2) is 0 Å². The van der Waals surface area contributed by atoms with E-state index >= 15 is 0 Å². The van der Waals surface area contributed by atoms with E-state index in [1.165, 1.54) is 0 Å². The normalized spacial score (nSPS) is 33.4. The summed E-state index contributed by atoms with van der Waals surface area (Å²) < 4.78 is -11.2. The van der Waals surface area contributed by atoms with E-state index in [1.54, 1.807) is 0 Å². The van der Waals surface area contributed by atoms with Gasteiger partial charge in [0.25, 0.3) is 0 Å². The molecule has 0 unspecified atom stereocenters. The molecule has 0 aromatic rings. The number of rotatable bonds is 0. The van der Waals surface area contributed by atoms with E-state index in [-0.39, 0.29) is 0 Å². The maximum Gasteiger partial charge on any atom is 0.189 e. The van der Waals surface area contributed by atoms with Crippen molar-refractivity contribution in [1.29, 1.82) is 0 Å². The van der Waals surface area contributed by atoms with Crippen LogP contribution in [-0.2, 0) is 0 Å². The quantitative estimate of drug-likeness (QED) is 0.355. The lowest BCUT2D eigenvalue weighted by Gasteiger charge is -2.57. The Labute approximate surface area is 153 Å². The SMILES string of the molecule is Cl[C]1C(Cl)(Cl)C(Cl)(Cl)C(Cl)(Cl)C(Cl)(Cl)C1(Cl)Cl. The fourth-order valence-electron chi connectivity index (χ4n) is 1.06. The largest absolute Gasteiger partial charge is 0.189 e. The monoisotopic (exact) mass is 457 g/mol. The van der Waals surface area contributed by atoms with Crippen molar-refractivity contribution in [2.24, 2.45) is 0 Å². The van der Waals surface area contributed by atoms with Gasteiger partial charge in [-0.15, -0.1) is 11.6 Å². The average molecular weight is 462 g/mol. The number of hydrogen-bond donors (Lipinski definition) is 0. The number of alkyl halides is 10. The van der Waals surface area contributed by atoms with Gasteiger partial charge in [-0.25, -0.2) is 0 Å². The summed E-state index contributed by atoms with van der Waals surface area (Å²) in [5, 5.41) is -0.511. The van der Waals surface area contributed by atoms with Crippen molar-refractivity contribution in [3.8, 4) is 0 Å². The van der Waals surface area contributed by atoms with E-state index in [0.717, 1.165) is 0 Å². The van der Waals surface area contributed by atoms with Crippen molar-refractivity contribution in [2.45, 2.75) is 21.7 Å². The summed E-state index contributed by atoms with van der Waals surface area (Å²) in [5.74, 6) is 0. The summed E-state index contributed by atoms with van der Waals surface area (Å²) in [4.78, 5) is 0. The smallest absolute Gasteiger partial charge is 0.110 e. The zero-order chi connectivity index (χ0) is 14.1. The average Bonchev–Trinajstić information content (AvgIpc) is 2.13. The van der Waals surface area contributed by atoms with Crippen molar-refractivity contribution in [2.75, 3.05) is 0 Å². The van der Waals surface area contributed by atoms with Gasteiger partial charge in [0.2, 0.25) is 0 Å². The molecule has 11 heteroatoms. The Balaban J connectivity index is 3.56. The highest BCUT2D eigenvalue weighted by molar-refractivity contribution is 6.81. The molecule has 1 aliphatic carbocycles. The Morgan fingerprint density at radius 2 is 0.706 bits per heavy atom. The lowest BCUT2D eigenvalue weighted by Crippen LogP contribution is -2.72. The lowest BCUT2D eigenvalue weighted by molar-refractivity contribution is 0.448. The highest BCUT2D eigenvalue weighted by Gasteiger charge is 2.83. The molecule has 0 nitrogen and oxygen atoms in total. The third-order valence-corrected chi connectivity index (χ3v) is 9.92. The van der Waals surface area contributed by atoms with E-state index in [0.29, 0.717) is 0 Å². The van der Waals surface area contributed by atoms with Crippen molar-refractivity contribution in [3.63, 3.8) is 0 Å². The lowest BCUT2D eigenvalue weighted by atomic mass is 9.94. The molecule has 0 bridgehead atoms. The molecule has 0 atom stereocenters. The summed E-state index contributed by atoms with van der Waals surface area (Å²) in [5.41, 5.74) is 0. The summed E-state index contributed by atoms with van der Waals surface area (Å²) in [6.45, 7) is 0. The van der Waals surface area contributed by atoms with Gasteiger partial charge in [0.1, 0.15) is 5.38 Å². The van der Waals surface area contributed by atoms with E-state index in [2.05, 4.69) is 0 Å². The molecule has 1 saturated carbocycles. The molecule has 0 amide bonds. The second-order valence-corrected chi connectivity index (χ2v) is 10.2. The Morgan fingerprint density at radius 3 is 0.941 bits per heavy atom. The highest BCUT2D eigenvalue weighted by Crippen LogP contribution is 2.75. The minimum Gasteiger partial charge on any atom is -0.110 e. The molecule has 1 rings (SSSR count). The van der Waals surface area contributed by atoms with Crippen molar-refractivity contribution < 1.29 is 0 Å². The topological polar surface area (TPSA) is 0 Å². The minimum atomic E-state index is -2.31. The van der Waals surface area contributed by atoms with Gasteiger partial charge in [-0.3, -0.25) is 0 Å². The van der Waals surface area contributed by atoms with Gasteiger partial charge in [0.05, 0.1) is 0 Å². The highest BCUT2D eigenvalue weighted by atomic mass is 35.6. The van der Waals surface area contributed by atoms with Crippen LogP contribution in [0.1, 0.15) is 0 Å². The van der Waals surface area contributed by atoms with E-state index < -0.39 is 27.0 Å². The fourth-order valence-corrected chi connectivity index (χ4v) is 4.96. The third kappa shape index (κ3) is 2.16. The van der Waals surface area contributed by atoms with Crippen LogP contribution in [0.4, 0.5) is 0 Å². The van der Waals surface area contributed by atoms with Crippen molar-refractivity contribution in [1.82, 2.24) is 0 Å². The predicted molar refractivity (Wildman–Crippen MR) is 81.3 cm³/mol. The molecule has 0 spiro atoms. The van der Waals surface area contributed by atoms with Gasteiger partial charge in [0.15, 0.2) is 21.7 Å². The van der Waals surface area contributed by atoms with Crippen LogP contribution in [0, 0.1) is 5.38 Å². The summed E-state index contributed by atoms with van der Waals surface area (Å²) in [7, 11) is 0. The van der Waals surface area contributed by atoms with E-state index in [4.69, 9.17) is 128 Å². The molecule has 101 valence electrons. The predicted octanol–water partition coefficient (Wildman–Crippen LogP) is 6.64. The first-order chi connectivity index (χ1) is 7.15. The van der Waals surface area contributed by atoms with Crippen LogP contribution in [0.3, 0.4) is 0 Å². The van der Waals surface area contributed by atoms with Gasteiger partial charge >= 0.3 is 0 Å². The molecule has 0 aromatic carbocycles. The molecule has 0 N–H and O–H groups in total. The maximum atomic E-state index is 5.92. The molecule has 0 heterocycles. The van der Waals surface area contributed by atoms with E-state index in [1.807, 2.05) is 0 Å². The summed E-state index contributed by atoms with van der Waals surface area (Å²) in [6, 6.07) is 0. The standard InChI is InChI=1S/C6Cl11/c7-1-2(8,9)4(12,13)6(16,17)5(14,15)3(1,10)11. The van der Waals surface area contributed by atoms with Gasteiger partial charge < -0.3 is 0 Å². The number of hydrogen-bond acceptors (Lipinski definition) is 0. The second kappa shape index (κ2) is 4.85. The Morgan fingerprint density at radius 1 is 0.471 bits per heavy atom. The molecule has 1 radical (unpaired) electrons. The molecule has 17 heavy (non-hydrogen) atoms. The minimum absolute atomic E-state index is 0.511. The van der Waals surface area contributed by atoms with Crippen LogP contribution >= 0.6 is 128 Å². The van der Waals surface area contributed by atoms with Gasteiger partial charge in [-0.1, -0.05) is 116 Å². The molecule has 0 saturated heterocycles. The summed E-state index contributed by atoms with van der Waals surface area (Å²) in [6.07, 6.45) is 0. The van der Waals surface area contributed by atoms with Gasteiger partial charge in [-0.05, 0) is 0 Å². The molecular formula is C6Cl11. The zero-order valence-electron chi connectivity index (χ0n) is 7.16.